The molecule has 0 unspecified atom stereocenters. The molecule has 0 aliphatic heterocycles. The topological polar surface area (TPSA) is 8.29 Å². The molecule has 5 aromatic carbocycles. The zero-order chi connectivity index (χ0) is 23.5. The lowest BCUT2D eigenvalue weighted by Crippen LogP contribution is -2.29. The highest BCUT2D eigenvalue weighted by Crippen LogP contribution is 2.36. The van der Waals surface area contributed by atoms with E-state index in [0.717, 1.165) is 0 Å². The van der Waals surface area contributed by atoms with E-state index < -0.39 is 0 Å². The zero-order valence-electron chi connectivity index (χ0n) is 19.9. The molecule has 0 amide bonds. The molecule has 0 spiro atoms. The van der Waals surface area contributed by atoms with Gasteiger partial charge in [-0.1, -0.05) is 91.0 Å². The van der Waals surface area contributed by atoms with E-state index in [4.69, 9.17) is 0 Å². The first-order valence-electron chi connectivity index (χ1n) is 12.1. The molecule has 0 atom stereocenters. The summed E-state index contributed by atoms with van der Waals surface area (Å²) in [7, 11) is 2.19. The Balaban J connectivity index is 1.95. The Bertz CT molecular complexity index is 1980. The SMILES string of the molecule is Cc1ccccc1-c1n2c3ccccc3c3ccccc3c3ccccc3c3cccc(c32)[n+]1C. The fourth-order valence-corrected chi connectivity index (χ4v) is 5.79. The van der Waals surface area contributed by atoms with Crippen molar-refractivity contribution in [2.45, 2.75) is 6.92 Å². The number of fused-ring (bicyclic) bond motifs is 7. The molecule has 0 N–H and O–H groups in total. The summed E-state index contributed by atoms with van der Waals surface area (Å²) in [5, 5.41) is 7.53. The normalized spacial score (nSPS) is 11.7. The summed E-state index contributed by atoms with van der Waals surface area (Å²) in [6.07, 6.45) is 0. The van der Waals surface area contributed by atoms with Crippen LogP contribution in [-0.4, -0.2) is 4.40 Å². The van der Waals surface area contributed by atoms with Crippen LogP contribution in [0.4, 0.5) is 0 Å². The Morgan fingerprint density at radius 2 is 1.03 bits per heavy atom. The van der Waals surface area contributed by atoms with Gasteiger partial charge in [-0.15, -0.1) is 0 Å². The largest absolute Gasteiger partial charge is 0.295 e. The molecule has 0 bridgehead atoms. The van der Waals surface area contributed by atoms with Crippen molar-refractivity contribution in [3.63, 3.8) is 0 Å². The number of aryl methyl sites for hydroxylation is 2. The van der Waals surface area contributed by atoms with E-state index >= 15 is 0 Å². The van der Waals surface area contributed by atoms with Gasteiger partial charge in [0.2, 0.25) is 0 Å². The monoisotopic (exact) mass is 449 g/mol. The molecule has 2 aromatic heterocycles. The number of hydrogen-bond acceptors (Lipinski definition) is 0. The molecule has 166 valence electrons. The molecule has 0 saturated heterocycles. The van der Waals surface area contributed by atoms with Crippen LogP contribution in [0.5, 0.6) is 0 Å². The highest BCUT2D eigenvalue weighted by atomic mass is 15.1. The van der Waals surface area contributed by atoms with Crippen LogP contribution in [0.15, 0.2) is 115 Å². The Morgan fingerprint density at radius 1 is 0.514 bits per heavy atom. The van der Waals surface area contributed by atoms with Gasteiger partial charge in [-0.25, -0.2) is 4.57 Å². The molecular formula is C33H25N2+. The predicted octanol–water partition coefficient (Wildman–Crippen LogP) is 7.91. The summed E-state index contributed by atoms with van der Waals surface area (Å²) >= 11 is 0. The van der Waals surface area contributed by atoms with Gasteiger partial charge in [0, 0.05) is 10.8 Å². The third-order valence-corrected chi connectivity index (χ3v) is 7.38. The lowest BCUT2D eigenvalue weighted by atomic mass is 10.0. The highest BCUT2D eigenvalue weighted by Gasteiger charge is 2.26. The van der Waals surface area contributed by atoms with Gasteiger partial charge in [-0.2, -0.15) is 4.40 Å². The summed E-state index contributed by atoms with van der Waals surface area (Å²) in [6.45, 7) is 2.20. The van der Waals surface area contributed by atoms with E-state index in [9.17, 15) is 0 Å². The van der Waals surface area contributed by atoms with E-state index in [-0.39, 0.29) is 0 Å². The van der Waals surface area contributed by atoms with Crippen LogP contribution in [0, 0.1) is 6.92 Å². The van der Waals surface area contributed by atoms with E-state index in [0.29, 0.717) is 0 Å². The summed E-state index contributed by atoms with van der Waals surface area (Å²) < 4.78 is 4.84. The number of imidazole rings is 1. The van der Waals surface area contributed by atoms with E-state index in [1.165, 1.54) is 65.8 Å². The number of para-hydroxylation sites is 2. The molecule has 2 nitrogen and oxygen atoms in total. The van der Waals surface area contributed by atoms with Crippen molar-refractivity contribution in [3.8, 4) is 11.4 Å². The second-order valence-electron chi connectivity index (χ2n) is 9.31. The first-order valence-corrected chi connectivity index (χ1v) is 12.1. The number of hydrogen-bond donors (Lipinski definition) is 0. The van der Waals surface area contributed by atoms with Crippen LogP contribution in [0.2, 0.25) is 0 Å². The van der Waals surface area contributed by atoms with Crippen LogP contribution < -0.4 is 4.57 Å². The van der Waals surface area contributed by atoms with Crippen LogP contribution in [-0.2, 0) is 7.05 Å². The van der Waals surface area contributed by atoms with E-state index in [1.54, 1.807) is 0 Å². The van der Waals surface area contributed by atoms with Gasteiger partial charge >= 0.3 is 0 Å². The van der Waals surface area contributed by atoms with Crippen molar-refractivity contribution >= 4 is 48.9 Å². The van der Waals surface area contributed by atoms with Gasteiger partial charge in [0.25, 0.3) is 5.82 Å². The Kier molecular flexibility index (Phi) is 4.31. The third-order valence-electron chi connectivity index (χ3n) is 7.38. The quantitative estimate of drug-likeness (QED) is 0.225. The molecule has 7 aromatic rings. The maximum Gasteiger partial charge on any atom is 0.295 e. The molecule has 0 aliphatic carbocycles. The van der Waals surface area contributed by atoms with Crippen LogP contribution in [0.1, 0.15) is 5.56 Å². The highest BCUT2D eigenvalue weighted by molar-refractivity contribution is 6.20. The molecule has 0 aliphatic rings. The molecule has 35 heavy (non-hydrogen) atoms. The average molecular weight is 450 g/mol. The van der Waals surface area contributed by atoms with Crippen molar-refractivity contribution in [3.05, 3.63) is 121 Å². The molecular weight excluding hydrogens is 424 g/mol. The van der Waals surface area contributed by atoms with Gasteiger partial charge in [0.05, 0.1) is 12.6 Å². The van der Waals surface area contributed by atoms with Crippen LogP contribution in [0.25, 0.3) is 60.3 Å². The van der Waals surface area contributed by atoms with E-state index in [2.05, 4.69) is 138 Å². The predicted molar refractivity (Wildman–Crippen MR) is 148 cm³/mol. The minimum Gasteiger partial charge on any atom is -0.225 e. The van der Waals surface area contributed by atoms with Gasteiger partial charge in [0.1, 0.15) is 5.52 Å². The zero-order valence-corrected chi connectivity index (χ0v) is 19.9. The van der Waals surface area contributed by atoms with Gasteiger partial charge in [-0.05, 0) is 58.3 Å². The fourth-order valence-electron chi connectivity index (χ4n) is 5.79. The first-order chi connectivity index (χ1) is 17.2. The van der Waals surface area contributed by atoms with E-state index in [1.807, 2.05) is 0 Å². The van der Waals surface area contributed by atoms with Crippen LogP contribution >= 0.6 is 0 Å². The Hall–Kier alpha value is -4.43. The number of benzene rings is 5. The van der Waals surface area contributed by atoms with Crippen molar-refractivity contribution in [2.24, 2.45) is 7.05 Å². The van der Waals surface area contributed by atoms with Gasteiger partial charge in [-0.3, -0.25) is 0 Å². The lowest BCUT2D eigenvalue weighted by Gasteiger charge is -2.04. The standard InChI is InChI=1S/C33H25N2/c1-22-12-3-4-13-23(22)33-34(2)31-21-11-19-29-27-17-8-6-15-25(27)24-14-5-7-16-26(24)28-18-9-10-20-30(28)35(33)32(29)31/h3-21H,1-2H3/q+1. The van der Waals surface area contributed by atoms with Crippen molar-refractivity contribution < 1.29 is 4.57 Å². The van der Waals surface area contributed by atoms with Crippen molar-refractivity contribution in [1.29, 1.82) is 0 Å². The number of aromatic nitrogens is 2. The molecule has 7 rings (SSSR count). The third kappa shape index (κ3) is 2.80. The lowest BCUT2D eigenvalue weighted by molar-refractivity contribution is -0.633. The summed E-state index contributed by atoms with van der Waals surface area (Å²) in [5.74, 6) is 1.19. The Morgan fingerprint density at radius 3 is 1.71 bits per heavy atom. The average Bonchev–Trinajstić information content (AvgIpc) is 3.22. The first kappa shape index (κ1) is 20.0. The van der Waals surface area contributed by atoms with Gasteiger partial charge < -0.3 is 0 Å². The molecule has 0 radical (unpaired) electrons. The number of rotatable bonds is 1. The Labute approximate surface area is 204 Å². The summed E-state index contributed by atoms with van der Waals surface area (Å²) in [6, 6.07) is 41.9. The minimum atomic E-state index is 1.19. The van der Waals surface area contributed by atoms with Crippen LogP contribution in [0.3, 0.4) is 0 Å². The molecule has 2 heteroatoms. The fraction of sp³-hybridized carbons (Fsp3) is 0.0606. The van der Waals surface area contributed by atoms with Crippen molar-refractivity contribution in [1.82, 2.24) is 4.40 Å². The van der Waals surface area contributed by atoms with Gasteiger partial charge in [0.15, 0.2) is 11.0 Å². The smallest absolute Gasteiger partial charge is 0.225 e. The maximum atomic E-state index is 2.49. The summed E-state index contributed by atoms with van der Waals surface area (Å²) in [5.41, 5.74) is 6.16. The van der Waals surface area contributed by atoms with Crippen molar-refractivity contribution in [2.75, 3.05) is 0 Å². The summed E-state index contributed by atoms with van der Waals surface area (Å²) in [4.78, 5) is 0. The minimum absolute atomic E-state index is 1.19. The molecule has 0 saturated carbocycles. The second-order valence-corrected chi connectivity index (χ2v) is 9.31. The molecule has 2 heterocycles. The second kappa shape index (κ2) is 7.54. The molecule has 0 fully saturated rings. The maximum absolute atomic E-state index is 2.49. The number of nitrogens with zero attached hydrogens (tertiary/aromatic N) is 2.